The first-order valence-corrected chi connectivity index (χ1v) is 12.9. The van der Waals surface area contributed by atoms with Crippen LogP contribution in [0.5, 0.6) is 5.75 Å². The third kappa shape index (κ3) is 5.74. The molecule has 0 spiro atoms. The Morgan fingerprint density at radius 1 is 1.25 bits per heavy atom. The lowest BCUT2D eigenvalue weighted by atomic mass is 9.78. The number of esters is 1. The average Bonchev–Trinajstić information content (AvgIpc) is 2.87. The van der Waals surface area contributed by atoms with Gasteiger partial charge in [-0.3, -0.25) is 14.4 Å². The van der Waals surface area contributed by atoms with Crippen molar-refractivity contribution >= 4 is 51.2 Å². The molecule has 1 aliphatic heterocycles. The maximum absolute atomic E-state index is 13.0. The number of hydrogen-bond acceptors (Lipinski definition) is 7. The highest BCUT2D eigenvalue weighted by atomic mass is 79.9. The SMILES string of the molecule is CCc1cccc(C)c1NC(=O)CSC1=C(C#N)[C@@H](c2ccc(OC)c(Br)c2)[C@H](C(=O)OC)C(=O)N1. The zero-order valence-corrected chi connectivity index (χ0v) is 22.7. The Morgan fingerprint density at radius 2 is 2.00 bits per heavy atom. The van der Waals surface area contributed by atoms with E-state index in [2.05, 4.69) is 32.6 Å². The fraction of sp³-hybridized carbons (Fsp3) is 0.308. The number of anilines is 1. The Bertz CT molecular complexity index is 1270. The summed E-state index contributed by atoms with van der Waals surface area (Å²) in [6, 6.07) is 13.0. The van der Waals surface area contributed by atoms with Gasteiger partial charge in [0.25, 0.3) is 0 Å². The van der Waals surface area contributed by atoms with Gasteiger partial charge in [0.2, 0.25) is 11.8 Å². The Morgan fingerprint density at radius 3 is 2.61 bits per heavy atom. The first-order chi connectivity index (χ1) is 17.2. The molecule has 3 rings (SSSR count). The number of para-hydroxylation sites is 1. The van der Waals surface area contributed by atoms with Crippen LogP contribution in [0.15, 0.2) is 51.5 Å². The van der Waals surface area contributed by atoms with E-state index in [4.69, 9.17) is 9.47 Å². The Labute approximate surface area is 222 Å². The third-order valence-corrected chi connectivity index (χ3v) is 7.51. The number of carbonyl (C=O) groups is 3. The summed E-state index contributed by atoms with van der Waals surface area (Å²) >= 11 is 4.46. The number of amides is 2. The molecule has 188 valence electrons. The van der Waals surface area contributed by atoms with Crippen molar-refractivity contribution in [3.8, 4) is 11.8 Å². The number of thioether (sulfide) groups is 1. The van der Waals surface area contributed by atoms with Crippen molar-refractivity contribution < 1.29 is 23.9 Å². The van der Waals surface area contributed by atoms with Crippen LogP contribution in [-0.2, 0) is 25.5 Å². The number of nitriles is 1. The summed E-state index contributed by atoms with van der Waals surface area (Å²) in [6.07, 6.45) is 0.762. The van der Waals surface area contributed by atoms with Gasteiger partial charge in [-0.25, -0.2) is 0 Å². The molecule has 0 aliphatic carbocycles. The predicted molar refractivity (Wildman–Crippen MR) is 141 cm³/mol. The first kappa shape index (κ1) is 27.3. The smallest absolute Gasteiger partial charge is 0.319 e. The molecule has 1 heterocycles. The lowest BCUT2D eigenvalue weighted by Crippen LogP contribution is -2.44. The number of ether oxygens (including phenoxy) is 2. The van der Waals surface area contributed by atoms with Crippen LogP contribution in [0, 0.1) is 24.2 Å². The molecule has 2 aromatic rings. The zero-order chi connectivity index (χ0) is 26.4. The maximum atomic E-state index is 13.0. The van der Waals surface area contributed by atoms with Gasteiger partial charge in [0.15, 0.2) is 0 Å². The highest BCUT2D eigenvalue weighted by molar-refractivity contribution is 9.10. The number of nitrogens with zero attached hydrogens (tertiary/aromatic N) is 1. The molecule has 8 nitrogen and oxygen atoms in total. The molecule has 1 aliphatic rings. The normalized spacial score (nSPS) is 17.2. The molecule has 0 saturated heterocycles. The minimum absolute atomic E-state index is 0.0415. The fourth-order valence-electron chi connectivity index (χ4n) is 4.07. The van der Waals surface area contributed by atoms with Gasteiger partial charge in [-0.15, -0.1) is 0 Å². The van der Waals surface area contributed by atoms with Crippen LogP contribution >= 0.6 is 27.7 Å². The second-order valence-corrected chi connectivity index (χ2v) is 9.86. The molecule has 2 amide bonds. The van der Waals surface area contributed by atoms with Crippen molar-refractivity contribution in [2.24, 2.45) is 5.92 Å². The Kier molecular flexibility index (Phi) is 9.18. The highest BCUT2D eigenvalue weighted by Gasteiger charge is 2.44. The van der Waals surface area contributed by atoms with Gasteiger partial charge in [-0.1, -0.05) is 43.0 Å². The standard InChI is InChI=1S/C26H26BrN3O5S/c1-5-15-8-6-7-14(2)23(15)29-20(31)13-36-25-17(12-28)21(22(24(32)30-25)26(33)35-4)16-9-10-19(34-3)18(27)11-16/h6-11,21-22H,5,13H2,1-4H3,(H,29,31)(H,30,32)/t21-,22+/m1/s1. The minimum atomic E-state index is -1.26. The molecule has 0 aromatic heterocycles. The summed E-state index contributed by atoms with van der Waals surface area (Å²) in [5.74, 6) is -3.28. The number of methoxy groups -OCH3 is 2. The van der Waals surface area contributed by atoms with Crippen molar-refractivity contribution in [3.05, 3.63) is 68.2 Å². The molecule has 2 aromatic carbocycles. The van der Waals surface area contributed by atoms with E-state index >= 15 is 0 Å². The van der Waals surface area contributed by atoms with Gasteiger partial charge < -0.3 is 20.1 Å². The molecule has 0 unspecified atom stereocenters. The number of halogens is 1. The molecular formula is C26H26BrN3O5S. The monoisotopic (exact) mass is 571 g/mol. The van der Waals surface area contributed by atoms with Crippen LogP contribution in [-0.4, -0.2) is 37.8 Å². The van der Waals surface area contributed by atoms with Gasteiger partial charge in [-0.05, 0) is 58.1 Å². The van der Waals surface area contributed by atoms with Gasteiger partial charge in [-0.2, -0.15) is 5.26 Å². The number of aryl methyl sites for hydroxylation is 2. The molecule has 0 radical (unpaired) electrons. The summed E-state index contributed by atoms with van der Waals surface area (Å²) in [4.78, 5) is 38.4. The molecule has 0 fully saturated rings. The molecular weight excluding hydrogens is 546 g/mol. The second-order valence-electron chi connectivity index (χ2n) is 8.02. The minimum Gasteiger partial charge on any atom is -0.496 e. The summed E-state index contributed by atoms with van der Waals surface area (Å²) in [5.41, 5.74) is 3.45. The van der Waals surface area contributed by atoms with Gasteiger partial charge in [0.1, 0.15) is 11.7 Å². The Hall–Kier alpha value is -3.29. The van der Waals surface area contributed by atoms with E-state index < -0.39 is 23.7 Å². The first-order valence-electron chi connectivity index (χ1n) is 11.1. The third-order valence-electron chi connectivity index (χ3n) is 5.87. The van der Waals surface area contributed by atoms with E-state index in [1.54, 1.807) is 18.2 Å². The van der Waals surface area contributed by atoms with Crippen LogP contribution in [0.3, 0.4) is 0 Å². The highest BCUT2D eigenvalue weighted by Crippen LogP contribution is 2.42. The topological polar surface area (TPSA) is 118 Å². The lowest BCUT2D eigenvalue weighted by molar-refractivity contribution is -0.150. The van der Waals surface area contributed by atoms with Crippen molar-refractivity contribution in [1.82, 2.24) is 5.32 Å². The number of carbonyl (C=O) groups excluding carboxylic acids is 3. The number of hydrogen-bond donors (Lipinski definition) is 2. The van der Waals surface area contributed by atoms with Crippen LogP contribution < -0.4 is 15.4 Å². The van der Waals surface area contributed by atoms with E-state index in [9.17, 15) is 19.6 Å². The summed E-state index contributed by atoms with van der Waals surface area (Å²) < 4.78 is 10.8. The number of allylic oxidation sites excluding steroid dienone is 1. The van der Waals surface area contributed by atoms with Gasteiger partial charge in [0, 0.05) is 11.6 Å². The molecule has 2 atom stereocenters. The fourth-order valence-corrected chi connectivity index (χ4v) is 5.48. The molecule has 10 heteroatoms. The van der Waals surface area contributed by atoms with E-state index in [1.165, 1.54) is 14.2 Å². The number of rotatable bonds is 8. The van der Waals surface area contributed by atoms with E-state index in [-0.39, 0.29) is 22.3 Å². The van der Waals surface area contributed by atoms with E-state index in [0.717, 1.165) is 35.0 Å². The van der Waals surface area contributed by atoms with E-state index in [1.807, 2.05) is 32.0 Å². The van der Waals surface area contributed by atoms with Gasteiger partial charge >= 0.3 is 5.97 Å². The lowest BCUT2D eigenvalue weighted by Gasteiger charge is -2.31. The number of nitrogens with one attached hydrogen (secondary N) is 2. The average molecular weight is 572 g/mol. The predicted octanol–water partition coefficient (Wildman–Crippen LogP) is 4.44. The van der Waals surface area contributed by atoms with Crippen molar-refractivity contribution in [2.75, 3.05) is 25.3 Å². The van der Waals surface area contributed by atoms with Crippen molar-refractivity contribution in [2.45, 2.75) is 26.2 Å². The molecule has 0 saturated carbocycles. The van der Waals surface area contributed by atoms with Crippen LogP contribution in [0.25, 0.3) is 0 Å². The second kappa shape index (κ2) is 12.1. The number of benzene rings is 2. The summed E-state index contributed by atoms with van der Waals surface area (Å²) in [5, 5.41) is 15.9. The van der Waals surface area contributed by atoms with Crippen LogP contribution in [0.4, 0.5) is 5.69 Å². The molecule has 0 bridgehead atoms. The Balaban J connectivity index is 1.94. The van der Waals surface area contributed by atoms with E-state index in [0.29, 0.717) is 15.8 Å². The van der Waals surface area contributed by atoms with Crippen molar-refractivity contribution in [1.29, 1.82) is 5.26 Å². The summed E-state index contributed by atoms with van der Waals surface area (Å²) in [6.45, 7) is 3.93. The summed E-state index contributed by atoms with van der Waals surface area (Å²) in [7, 11) is 2.71. The molecule has 36 heavy (non-hydrogen) atoms. The quantitative estimate of drug-likeness (QED) is 0.355. The maximum Gasteiger partial charge on any atom is 0.319 e. The van der Waals surface area contributed by atoms with Crippen LogP contribution in [0.2, 0.25) is 0 Å². The molecule has 2 N–H and O–H groups in total. The zero-order valence-electron chi connectivity index (χ0n) is 20.3. The van der Waals surface area contributed by atoms with Gasteiger partial charge in [0.05, 0.1) is 41.1 Å². The van der Waals surface area contributed by atoms with Crippen molar-refractivity contribution in [3.63, 3.8) is 0 Å². The largest absolute Gasteiger partial charge is 0.496 e. The van der Waals surface area contributed by atoms with Crippen LogP contribution in [0.1, 0.15) is 29.5 Å².